The van der Waals surface area contributed by atoms with Gasteiger partial charge in [-0.2, -0.15) is 4.98 Å². The molecule has 0 saturated carbocycles. The largest absolute Gasteiger partial charge is 0.383 e. The number of hydrogen-bond acceptors (Lipinski definition) is 6. The van der Waals surface area contributed by atoms with E-state index in [1.807, 2.05) is 0 Å². The van der Waals surface area contributed by atoms with Crippen molar-refractivity contribution >= 4 is 5.82 Å². The zero-order valence-electron chi connectivity index (χ0n) is 14.7. The van der Waals surface area contributed by atoms with Crippen molar-refractivity contribution < 1.29 is 9.47 Å². The first-order valence-electron chi connectivity index (χ1n) is 8.90. The standard InChI is InChI=1S/C17H30N4O3/c1-3-13-12(2)15(23-11-7-5-4-6-9-18)16(24-13)21-10-8-14(19)20-17(21)22/h8,10,12-13,15-16H,3-7,9,11,18H2,1-2H3,(H2,19,20,22)/t12?,13-,15+,16-/m1/s1. The molecule has 1 aliphatic heterocycles. The summed E-state index contributed by atoms with van der Waals surface area (Å²) in [6.07, 6.45) is 6.24. The lowest BCUT2D eigenvalue weighted by Crippen LogP contribution is -2.35. The van der Waals surface area contributed by atoms with Crippen molar-refractivity contribution in [2.75, 3.05) is 18.9 Å². The summed E-state index contributed by atoms with van der Waals surface area (Å²) in [5.74, 6) is 0.431. The van der Waals surface area contributed by atoms with Crippen LogP contribution >= 0.6 is 0 Å². The second-order valence-corrected chi connectivity index (χ2v) is 6.41. The number of aromatic nitrogens is 2. The highest BCUT2D eigenvalue weighted by molar-refractivity contribution is 5.23. The minimum atomic E-state index is -0.449. The van der Waals surface area contributed by atoms with E-state index in [1.165, 1.54) is 4.57 Å². The fraction of sp³-hybridized carbons (Fsp3) is 0.765. The number of unbranched alkanes of at least 4 members (excludes halogenated alkanes) is 3. The van der Waals surface area contributed by atoms with Gasteiger partial charge >= 0.3 is 5.69 Å². The van der Waals surface area contributed by atoms with Gasteiger partial charge in [0.25, 0.3) is 0 Å². The Bertz CT molecular complexity index is 563. The quantitative estimate of drug-likeness (QED) is 0.664. The Kier molecular flexibility index (Phi) is 7.20. The summed E-state index contributed by atoms with van der Waals surface area (Å²) >= 11 is 0. The lowest BCUT2D eigenvalue weighted by Gasteiger charge is -2.23. The van der Waals surface area contributed by atoms with E-state index in [9.17, 15) is 4.79 Å². The lowest BCUT2D eigenvalue weighted by molar-refractivity contribution is -0.0671. The van der Waals surface area contributed by atoms with Crippen molar-refractivity contribution in [1.29, 1.82) is 0 Å². The zero-order valence-corrected chi connectivity index (χ0v) is 14.7. The van der Waals surface area contributed by atoms with E-state index in [0.717, 1.165) is 38.6 Å². The van der Waals surface area contributed by atoms with Crippen LogP contribution in [0.3, 0.4) is 0 Å². The van der Waals surface area contributed by atoms with Crippen molar-refractivity contribution in [2.45, 2.75) is 64.4 Å². The molecular formula is C17H30N4O3. The smallest absolute Gasteiger partial charge is 0.351 e. The zero-order chi connectivity index (χ0) is 17.5. The average molecular weight is 338 g/mol. The Balaban J connectivity index is 2.02. The second kappa shape index (κ2) is 9.15. The molecule has 1 saturated heterocycles. The first kappa shape index (κ1) is 18.9. The third-order valence-electron chi connectivity index (χ3n) is 4.64. The van der Waals surface area contributed by atoms with Crippen molar-refractivity contribution in [2.24, 2.45) is 11.7 Å². The van der Waals surface area contributed by atoms with Gasteiger partial charge in [-0.1, -0.05) is 26.7 Å². The summed E-state index contributed by atoms with van der Waals surface area (Å²) in [5.41, 5.74) is 10.7. The van der Waals surface area contributed by atoms with Gasteiger partial charge in [0, 0.05) is 18.7 Å². The Hall–Kier alpha value is -1.44. The molecule has 136 valence electrons. The van der Waals surface area contributed by atoms with Gasteiger partial charge in [-0.05, 0) is 31.9 Å². The maximum absolute atomic E-state index is 12.1. The molecule has 2 heterocycles. The molecule has 7 nitrogen and oxygen atoms in total. The van der Waals surface area contributed by atoms with Crippen LogP contribution in [0.2, 0.25) is 0 Å². The Labute approximate surface area is 143 Å². The third kappa shape index (κ3) is 4.55. The van der Waals surface area contributed by atoms with Gasteiger partial charge in [0.05, 0.1) is 6.10 Å². The van der Waals surface area contributed by atoms with E-state index in [-0.39, 0.29) is 23.9 Å². The van der Waals surface area contributed by atoms with Crippen LogP contribution in [0.15, 0.2) is 17.1 Å². The van der Waals surface area contributed by atoms with E-state index in [2.05, 4.69) is 18.8 Å². The average Bonchev–Trinajstić information content (AvgIpc) is 2.87. The molecule has 0 radical (unpaired) electrons. The van der Waals surface area contributed by atoms with Crippen molar-refractivity contribution in [1.82, 2.24) is 9.55 Å². The molecule has 1 aliphatic rings. The predicted octanol–water partition coefficient (Wildman–Crippen LogP) is 1.67. The molecule has 0 bridgehead atoms. The van der Waals surface area contributed by atoms with Crippen LogP contribution in [0, 0.1) is 5.92 Å². The molecule has 0 spiro atoms. The van der Waals surface area contributed by atoms with Crippen molar-refractivity contribution in [3.8, 4) is 0 Å². The van der Waals surface area contributed by atoms with E-state index in [4.69, 9.17) is 20.9 Å². The number of hydrogen-bond donors (Lipinski definition) is 2. The highest BCUT2D eigenvalue weighted by atomic mass is 16.6. The van der Waals surface area contributed by atoms with Crippen molar-refractivity contribution in [3.05, 3.63) is 22.7 Å². The van der Waals surface area contributed by atoms with Crippen LogP contribution in [0.25, 0.3) is 0 Å². The summed E-state index contributed by atoms with van der Waals surface area (Å²) < 4.78 is 13.7. The van der Waals surface area contributed by atoms with Gasteiger partial charge in [-0.15, -0.1) is 0 Å². The number of nitrogens with two attached hydrogens (primary N) is 2. The fourth-order valence-corrected chi connectivity index (χ4v) is 3.22. The van der Waals surface area contributed by atoms with Crippen LogP contribution in [0.5, 0.6) is 0 Å². The number of anilines is 1. The first-order valence-corrected chi connectivity index (χ1v) is 8.90. The molecule has 7 heteroatoms. The number of nitrogens with zero attached hydrogens (tertiary/aromatic N) is 2. The summed E-state index contributed by atoms with van der Waals surface area (Å²) in [7, 11) is 0. The van der Waals surface area contributed by atoms with Crippen LogP contribution in [0.4, 0.5) is 5.82 Å². The maximum Gasteiger partial charge on any atom is 0.351 e. The summed E-state index contributed by atoms with van der Waals surface area (Å²) in [6.45, 7) is 5.59. The molecule has 2 rings (SSSR count). The van der Waals surface area contributed by atoms with Gasteiger partial charge in [-0.25, -0.2) is 4.79 Å². The van der Waals surface area contributed by atoms with E-state index >= 15 is 0 Å². The lowest BCUT2D eigenvalue weighted by atomic mass is 9.98. The monoisotopic (exact) mass is 338 g/mol. The second-order valence-electron chi connectivity index (χ2n) is 6.41. The van der Waals surface area contributed by atoms with Crippen LogP contribution in [0.1, 0.15) is 52.2 Å². The Morgan fingerprint density at radius 3 is 2.75 bits per heavy atom. The summed E-state index contributed by atoms with van der Waals surface area (Å²) in [4.78, 5) is 15.9. The van der Waals surface area contributed by atoms with Gasteiger partial charge in [-0.3, -0.25) is 4.57 Å². The Morgan fingerprint density at radius 2 is 2.08 bits per heavy atom. The van der Waals surface area contributed by atoms with Crippen LogP contribution in [-0.4, -0.2) is 34.9 Å². The molecule has 0 aromatic carbocycles. The highest BCUT2D eigenvalue weighted by Gasteiger charge is 2.43. The first-order chi connectivity index (χ1) is 11.6. The van der Waals surface area contributed by atoms with E-state index in [0.29, 0.717) is 6.61 Å². The van der Waals surface area contributed by atoms with E-state index in [1.54, 1.807) is 12.3 Å². The molecule has 4 atom stereocenters. The van der Waals surface area contributed by atoms with Gasteiger partial charge in [0.2, 0.25) is 0 Å². The predicted molar refractivity (Wildman–Crippen MR) is 93.5 cm³/mol. The van der Waals surface area contributed by atoms with Crippen LogP contribution in [-0.2, 0) is 9.47 Å². The minimum absolute atomic E-state index is 0.0710. The summed E-state index contributed by atoms with van der Waals surface area (Å²) in [5, 5.41) is 0. The maximum atomic E-state index is 12.1. The SMILES string of the molecule is CC[C@H]1O[C@@H](n2ccc(N)nc2=O)[C@@H](OCCCCCCN)C1C. The van der Waals surface area contributed by atoms with Gasteiger partial charge < -0.3 is 20.9 Å². The Morgan fingerprint density at radius 1 is 1.33 bits per heavy atom. The molecule has 1 aromatic heterocycles. The van der Waals surface area contributed by atoms with Crippen LogP contribution < -0.4 is 17.2 Å². The molecule has 0 aliphatic carbocycles. The number of ether oxygens (including phenoxy) is 2. The molecular weight excluding hydrogens is 308 g/mol. The molecule has 1 unspecified atom stereocenters. The molecule has 1 fully saturated rings. The normalized spacial score (nSPS) is 26.8. The van der Waals surface area contributed by atoms with Gasteiger partial charge in [0.1, 0.15) is 11.9 Å². The van der Waals surface area contributed by atoms with Gasteiger partial charge in [0.15, 0.2) is 6.23 Å². The molecule has 1 aromatic rings. The molecule has 0 amide bonds. The third-order valence-corrected chi connectivity index (χ3v) is 4.64. The molecule has 24 heavy (non-hydrogen) atoms. The molecule has 4 N–H and O–H groups in total. The fourth-order valence-electron chi connectivity index (χ4n) is 3.22. The minimum Gasteiger partial charge on any atom is -0.383 e. The van der Waals surface area contributed by atoms with Crippen molar-refractivity contribution in [3.63, 3.8) is 0 Å². The number of nitrogen functional groups attached to an aromatic ring is 1. The number of rotatable bonds is 9. The highest BCUT2D eigenvalue weighted by Crippen LogP contribution is 2.36. The topological polar surface area (TPSA) is 105 Å². The summed E-state index contributed by atoms with van der Waals surface area (Å²) in [6, 6.07) is 1.61. The van der Waals surface area contributed by atoms with E-state index < -0.39 is 11.9 Å².